The van der Waals surface area contributed by atoms with Crippen molar-refractivity contribution in [1.29, 1.82) is 0 Å². The summed E-state index contributed by atoms with van der Waals surface area (Å²) in [6.07, 6.45) is 5.49. The van der Waals surface area contributed by atoms with Crippen LogP contribution in [0.15, 0.2) is 6.20 Å². The Bertz CT molecular complexity index is 283. The second-order valence-corrected chi connectivity index (χ2v) is 3.75. The van der Waals surface area contributed by atoms with E-state index in [-0.39, 0.29) is 6.67 Å². The molecule has 1 aromatic rings. The minimum absolute atomic E-state index is 0.345. The van der Waals surface area contributed by atoms with Crippen LogP contribution < -0.4 is 5.32 Å². The Labute approximate surface area is 90.7 Å². The summed E-state index contributed by atoms with van der Waals surface area (Å²) < 4.78 is 13.7. The van der Waals surface area contributed by atoms with Crippen LogP contribution in [0.25, 0.3) is 0 Å². The third-order valence-electron chi connectivity index (χ3n) is 2.33. The monoisotopic (exact) mass is 213 g/mol. The van der Waals surface area contributed by atoms with E-state index in [1.54, 1.807) is 4.68 Å². The fourth-order valence-electron chi connectivity index (χ4n) is 1.48. The van der Waals surface area contributed by atoms with E-state index in [0.29, 0.717) is 6.54 Å². The number of hydrogen-bond donors (Lipinski definition) is 1. The summed E-state index contributed by atoms with van der Waals surface area (Å²) in [6, 6.07) is 0. The predicted octanol–water partition coefficient (Wildman–Crippen LogP) is 2.76. The van der Waals surface area contributed by atoms with E-state index in [1.807, 2.05) is 13.1 Å². The lowest BCUT2D eigenvalue weighted by Gasteiger charge is -2.02. The highest BCUT2D eigenvalue weighted by Gasteiger charge is 2.03. The number of rotatable bonds is 7. The first-order valence-electron chi connectivity index (χ1n) is 5.61. The number of unbranched alkanes of at least 4 members (excludes halogenated alkanes) is 2. The zero-order chi connectivity index (χ0) is 11.1. The second kappa shape index (κ2) is 6.43. The van der Waals surface area contributed by atoms with Crippen molar-refractivity contribution in [3.63, 3.8) is 0 Å². The lowest BCUT2D eigenvalue weighted by Crippen LogP contribution is -2.05. The van der Waals surface area contributed by atoms with E-state index in [4.69, 9.17) is 0 Å². The molecule has 0 saturated heterocycles. The van der Waals surface area contributed by atoms with Gasteiger partial charge in [-0.1, -0.05) is 19.8 Å². The van der Waals surface area contributed by atoms with Gasteiger partial charge in [0.1, 0.15) is 6.67 Å². The molecule has 0 aliphatic rings. The van der Waals surface area contributed by atoms with E-state index in [0.717, 1.165) is 24.3 Å². The summed E-state index contributed by atoms with van der Waals surface area (Å²) in [5, 5.41) is 7.53. The van der Waals surface area contributed by atoms with Crippen LogP contribution in [0.2, 0.25) is 0 Å². The molecule has 0 atom stereocenters. The summed E-state index contributed by atoms with van der Waals surface area (Å²) in [7, 11) is 0. The molecule has 0 unspecified atom stereocenters. The maximum absolute atomic E-state index is 12.1. The molecule has 15 heavy (non-hydrogen) atoms. The number of nitrogens with one attached hydrogen (secondary N) is 1. The van der Waals surface area contributed by atoms with Crippen molar-refractivity contribution in [3.05, 3.63) is 11.8 Å². The number of aryl methyl sites for hydroxylation is 2. The smallest absolute Gasteiger partial charge is 0.150 e. The van der Waals surface area contributed by atoms with Crippen LogP contribution in [0, 0.1) is 6.92 Å². The molecule has 0 spiro atoms. The molecule has 0 bridgehead atoms. The summed E-state index contributed by atoms with van der Waals surface area (Å²) in [6.45, 7) is 5.10. The Morgan fingerprint density at radius 2 is 2.27 bits per heavy atom. The molecule has 0 aliphatic carbocycles. The number of aromatic nitrogens is 2. The summed E-state index contributed by atoms with van der Waals surface area (Å²) in [5.41, 5.74) is 1.08. The van der Waals surface area contributed by atoms with Gasteiger partial charge in [-0.25, -0.2) is 4.39 Å². The van der Waals surface area contributed by atoms with Crippen molar-refractivity contribution in [2.24, 2.45) is 0 Å². The van der Waals surface area contributed by atoms with Crippen LogP contribution in [-0.2, 0) is 6.54 Å². The normalized spacial score (nSPS) is 10.6. The van der Waals surface area contributed by atoms with E-state index in [2.05, 4.69) is 17.3 Å². The van der Waals surface area contributed by atoms with E-state index >= 15 is 0 Å². The van der Waals surface area contributed by atoms with Gasteiger partial charge in [-0.2, -0.15) is 5.10 Å². The van der Waals surface area contributed by atoms with Crippen molar-refractivity contribution in [3.8, 4) is 0 Å². The molecule has 3 nitrogen and oxygen atoms in total. The summed E-state index contributed by atoms with van der Waals surface area (Å²) in [4.78, 5) is 0. The standard InChI is InChI=1S/C11H20FN3/c1-3-4-5-7-13-11-10(2)9-15(14-11)8-6-12/h9H,3-8H2,1-2H3,(H,13,14). The van der Waals surface area contributed by atoms with Gasteiger partial charge >= 0.3 is 0 Å². The van der Waals surface area contributed by atoms with Crippen LogP contribution in [0.1, 0.15) is 31.7 Å². The van der Waals surface area contributed by atoms with Gasteiger partial charge in [-0.15, -0.1) is 0 Å². The van der Waals surface area contributed by atoms with Crippen molar-refractivity contribution in [2.75, 3.05) is 18.5 Å². The number of alkyl halides is 1. The SMILES string of the molecule is CCCCCNc1nn(CCF)cc1C. The molecule has 4 heteroatoms. The molecule has 0 amide bonds. The molecule has 0 saturated carbocycles. The molecule has 0 radical (unpaired) electrons. The number of anilines is 1. The van der Waals surface area contributed by atoms with Crippen molar-refractivity contribution in [1.82, 2.24) is 9.78 Å². The molecule has 0 aliphatic heterocycles. The summed E-state index contributed by atoms with van der Waals surface area (Å²) >= 11 is 0. The second-order valence-electron chi connectivity index (χ2n) is 3.75. The maximum Gasteiger partial charge on any atom is 0.150 e. The number of hydrogen-bond acceptors (Lipinski definition) is 2. The number of halogens is 1. The lowest BCUT2D eigenvalue weighted by atomic mass is 10.2. The van der Waals surface area contributed by atoms with Gasteiger partial charge in [0.05, 0.1) is 6.54 Å². The molecule has 86 valence electrons. The number of nitrogens with zero attached hydrogens (tertiary/aromatic N) is 2. The third-order valence-corrected chi connectivity index (χ3v) is 2.33. The predicted molar refractivity (Wildman–Crippen MR) is 61.0 cm³/mol. The Hall–Kier alpha value is -1.06. The molecular formula is C11H20FN3. The molecule has 1 aromatic heterocycles. The average Bonchev–Trinajstić information content (AvgIpc) is 2.55. The first-order chi connectivity index (χ1) is 7.27. The van der Waals surface area contributed by atoms with Crippen molar-refractivity contribution >= 4 is 5.82 Å². The molecular weight excluding hydrogens is 193 g/mol. The third kappa shape index (κ3) is 3.90. The topological polar surface area (TPSA) is 29.9 Å². The van der Waals surface area contributed by atoms with Crippen LogP contribution in [0.5, 0.6) is 0 Å². The fraction of sp³-hybridized carbons (Fsp3) is 0.727. The summed E-state index contributed by atoms with van der Waals surface area (Å²) in [5.74, 6) is 0.888. The fourth-order valence-corrected chi connectivity index (χ4v) is 1.48. The zero-order valence-corrected chi connectivity index (χ0v) is 9.59. The van der Waals surface area contributed by atoms with Gasteiger partial charge in [-0.05, 0) is 13.3 Å². The van der Waals surface area contributed by atoms with E-state index in [9.17, 15) is 4.39 Å². The molecule has 0 fully saturated rings. The van der Waals surface area contributed by atoms with Gasteiger partial charge in [-0.3, -0.25) is 4.68 Å². The van der Waals surface area contributed by atoms with E-state index < -0.39 is 0 Å². The van der Waals surface area contributed by atoms with Gasteiger partial charge in [0.25, 0.3) is 0 Å². The largest absolute Gasteiger partial charge is 0.368 e. The Morgan fingerprint density at radius 3 is 2.93 bits per heavy atom. The van der Waals surface area contributed by atoms with Gasteiger partial charge in [0, 0.05) is 18.3 Å². The van der Waals surface area contributed by atoms with E-state index in [1.165, 1.54) is 12.8 Å². The van der Waals surface area contributed by atoms with Gasteiger partial charge in [0.15, 0.2) is 5.82 Å². The van der Waals surface area contributed by atoms with Gasteiger partial charge in [0.2, 0.25) is 0 Å². The minimum atomic E-state index is -0.365. The van der Waals surface area contributed by atoms with Gasteiger partial charge < -0.3 is 5.32 Å². The first kappa shape index (κ1) is 12.0. The Morgan fingerprint density at radius 1 is 1.47 bits per heavy atom. The van der Waals surface area contributed by atoms with Crippen LogP contribution >= 0.6 is 0 Å². The molecule has 1 rings (SSSR count). The highest BCUT2D eigenvalue weighted by atomic mass is 19.1. The zero-order valence-electron chi connectivity index (χ0n) is 9.59. The first-order valence-corrected chi connectivity index (χ1v) is 5.61. The molecule has 0 aromatic carbocycles. The Balaban J connectivity index is 2.39. The van der Waals surface area contributed by atoms with Crippen molar-refractivity contribution in [2.45, 2.75) is 39.7 Å². The lowest BCUT2D eigenvalue weighted by molar-refractivity contribution is 0.427. The highest BCUT2D eigenvalue weighted by Crippen LogP contribution is 2.11. The molecule has 1 heterocycles. The minimum Gasteiger partial charge on any atom is -0.368 e. The highest BCUT2D eigenvalue weighted by molar-refractivity contribution is 5.41. The average molecular weight is 213 g/mol. The van der Waals surface area contributed by atoms with Crippen LogP contribution in [-0.4, -0.2) is 23.0 Å². The van der Waals surface area contributed by atoms with Crippen LogP contribution in [0.3, 0.4) is 0 Å². The van der Waals surface area contributed by atoms with Crippen LogP contribution in [0.4, 0.5) is 10.2 Å². The maximum atomic E-state index is 12.1. The van der Waals surface area contributed by atoms with Crippen molar-refractivity contribution < 1.29 is 4.39 Å². The quantitative estimate of drug-likeness (QED) is 0.706. The Kier molecular flexibility index (Phi) is 5.15. The molecule has 1 N–H and O–H groups in total.